The Balaban J connectivity index is 1.87. The minimum Gasteiger partial charge on any atom is -0.508 e. The second-order valence-electron chi connectivity index (χ2n) is 5.65. The number of rotatable bonds is 3. The van der Waals surface area contributed by atoms with E-state index in [1.54, 1.807) is 18.2 Å². The van der Waals surface area contributed by atoms with Gasteiger partial charge in [-0.25, -0.2) is 13.3 Å². The van der Waals surface area contributed by atoms with Crippen molar-refractivity contribution in [3.05, 3.63) is 92.4 Å². The normalized spacial score (nSPS) is 11.0. The van der Waals surface area contributed by atoms with Gasteiger partial charge in [-0.2, -0.15) is 0 Å². The van der Waals surface area contributed by atoms with Gasteiger partial charge in [0.2, 0.25) is 0 Å². The van der Waals surface area contributed by atoms with Gasteiger partial charge in [0.1, 0.15) is 5.75 Å². The van der Waals surface area contributed by atoms with E-state index in [1.807, 2.05) is 42.5 Å². The first kappa shape index (κ1) is 15.4. The van der Waals surface area contributed by atoms with E-state index in [4.69, 9.17) is 0 Å². The first-order valence-corrected chi connectivity index (χ1v) is 8.50. The van der Waals surface area contributed by atoms with Crippen molar-refractivity contribution in [3.8, 4) is 11.4 Å². The predicted octanol–water partition coefficient (Wildman–Crippen LogP) is 2.97. The van der Waals surface area contributed by atoms with Crippen LogP contribution < -0.4 is 10.6 Å². The Morgan fingerprint density at radius 1 is 0.880 bits per heavy atom. The average molecular weight is 350 g/mol. The number of phenolic OH excluding ortho intramolecular Hbond substituents is 1. The van der Waals surface area contributed by atoms with Gasteiger partial charge in [0.15, 0.2) is 0 Å². The molecule has 4 aromatic rings. The fourth-order valence-corrected chi connectivity index (χ4v) is 3.67. The summed E-state index contributed by atoms with van der Waals surface area (Å²) in [6.07, 6.45) is 0. The zero-order valence-corrected chi connectivity index (χ0v) is 13.9. The number of para-hydroxylation sites is 1. The highest BCUT2D eigenvalue weighted by atomic mass is 32.1. The fourth-order valence-electron chi connectivity index (χ4n) is 2.84. The highest BCUT2D eigenvalue weighted by Crippen LogP contribution is 2.22. The van der Waals surface area contributed by atoms with Crippen LogP contribution in [-0.2, 0) is 6.54 Å². The van der Waals surface area contributed by atoms with Crippen LogP contribution in [0.2, 0.25) is 0 Å². The van der Waals surface area contributed by atoms with Crippen LogP contribution >= 0.6 is 11.5 Å². The number of phenols is 1. The minimum atomic E-state index is -0.408. The number of aromatic nitrogens is 2. The van der Waals surface area contributed by atoms with E-state index in [0.29, 0.717) is 11.3 Å². The van der Waals surface area contributed by atoms with Gasteiger partial charge in [0.25, 0.3) is 0 Å². The van der Waals surface area contributed by atoms with E-state index < -0.39 is 5.69 Å². The third kappa shape index (κ3) is 2.66. The largest absolute Gasteiger partial charge is 0.508 e. The number of fused-ring (bicyclic) bond motifs is 1. The van der Waals surface area contributed by atoms with Crippen molar-refractivity contribution in [2.75, 3.05) is 0 Å². The molecule has 0 aliphatic carbocycles. The summed E-state index contributed by atoms with van der Waals surface area (Å²) < 4.78 is 2.55. The second kappa shape index (κ2) is 6.07. The summed E-state index contributed by atoms with van der Waals surface area (Å²) in [7, 11) is 0. The highest BCUT2D eigenvalue weighted by molar-refractivity contribution is 7.04. The van der Waals surface area contributed by atoms with Crippen molar-refractivity contribution in [2.24, 2.45) is 0 Å². The molecule has 0 radical (unpaired) electrons. The molecule has 1 heterocycles. The summed E-state index contributed by atoms with van der Waals surface area (Å²) >= 11 is 0.864. The van der Waals surface area contributed by atoms with Crippen LogP contribution in [0.1, 0.15) is 5.56 Å². The van der Waals surface area contributed by atoms with E-state index in [2.05, 4.69) is 0 Å². The molecule has 0 amide bonds. The standard InChI is InChI=1S/C19H14N2O3S/c22-17-11-4-2-7-14(17)12-20-18(23)21(25-19(20)24)16-10-5-8-13-6-1-3-9-15(13)16/h1-11,22H,12H2. The zero-order valence-electron chi connectivity index (χ0n) is 13.1. The number of benzene rings is 3. The first-order chi connectivity index (χ1) is 12.1. The molecular weight excluding hydrogens is 336 g/mol. The van der Waals surface area contributed by atoms with E-state index >= 15 is 0 Å². The van der Waals surface area contributed by atoms with Crippen molar-refractivity contribution in [3.63, 3.8) is 0 Å². The summed E-state index contributed by atoms with van der Waals surface area (Å²) in [5.41, 5.74) is 0.806. The van der Waals surface area contributed by atoms with Gasteiger partial charge in [0, 0.05) is 22.5 Å². The topological polar surface area (TPSA) is 64.2 Å². The van der Waals surface area contributed by atoms with Crippen LogP contribution in [0.25, 0.3) is 16.5 Å². The summed E-state index contributed by atoms with van der Waals surface area (Å²) in [4.78, 5) is 24.8. The third-order valence-electron chi connectivity index (χ3n) is 4.10. The fraction of sp³-hybridized carbons (Fsp3) is 0.0526. The summed E-state index contributed by atoms with van der Waals surface area (Å²) in [6.45, 7) is 0.0403. The summed E-state index contributed by atoms with van der Waals surface area (Å²) in [5, 5.41) is 11.8. The van der Waals surface area contributed by atoms with Crippen LogP contribution in [0.4, 0.5) is 0 Å². The minimum absolute atomic E-state index is 0.0403. The smallest absolute Gasteiger partial charge is 0.346 e. The lowest BCUT2D eigenvalue weighted by molar-refractivity contribution is 0.465. The van der Waals surface area contributed by atoms with Crippen molar-refractivity contribution in [2.45, 2.75) is 6.54 Å². The molecule has 1 aromatic heterocycles. The van der Waals surface area contributed by atoms with Crippen LogP contribution in [0, 0.1) is 0 Å². The van der Waals surface area contributed by atoms with Crippen LogP contribution in [0.5, 0.6) is 5.75 Å². The molecule has 0 unspecified atom stereocenters. The van der Waals surface area contributed by atoms with Crippen molar-refractivity contribution < 1.29 is 5.11 Å². The lowest BCUT2D eigenvalue weighted by atomic mass is 10.1. The Morgan fingerprint density at radius 2 is 1.60 bits per heavy atom. The molecule has 0 aliphatic heterocycles. The van der Waals surface area contributed by atoms with Gasteiger partial charge in [-0.15, -0.1) is 0 Å². The number of aromatic hydroxyl groups is 1. The maximum atomic E-state index is 12.8. The molecule has 4 rings (SSSR count). The van der Waals surface area contributed by atoms with Gasteiger partial charge in [-0.1, -0.05) is 54.6 Å². The predicted molar refractivity (Wildman–Crippen MR) is 98.9 cm³/mol. The molecule has 6 heteroatoms. The van der Waals surface area contributed by atoms with Gasteiger partial charge in [0.05, 0.1) is 12.2 Å². The Morgan fingerprint density at radius 3 is 2.44 bits per heavy atom. The molecular formula is C19H14N2O3S. The van der Waals surface area contributed by atoms with Crippen molar-refractivity contribution in [1.82, 2.24) is 8.52 Å². The maximum Gasteiger partial charge on any atom is 0.346 e. The Bertz CT molecular complexity index is 1180. The molecule has 3 aromatic carbocycles. The molecule has 5 nitrogen and oxygen atoms in total. The molecule has 0 saturated carbocycles. The van der Waals surface area contributed by atoms with Gasteiger partial charge < -0.3 is 5.11 Å². The molecule has 124 valence electrons. The number of hydrogen-bond acceptors (Lipinski definition) is 4. The zero-order chi connectivity index (χ0) is 17.4. The molecule has 0 aliphatic rings. The number of nitrogens with zero attached hydrogens (tertiary/aromatic N) is 2. The summed E-state index contributed by atoms with van der Waals surface area (Å²) in [5.74, 6) is 0.0664. The SMILES string of the molecule is O=c1sn(-c2cccc3ccccc23)c(=O)n1Cc1ccccc1O. The van der Waals surface area contributed by atoms with Crippen molar-refractivity contribution >= 4 is 22.3 Å². The van der Waals surface area contributed by atoms with Gasteiger partial charge in [-0.3, -0.25) is 4.79 Å². The molecule has 0 bridgehead atoms. The number of hydrogen-bond donors (Lipinski definition) is 1. The Kier molecular flexibility index (Phi) is 3.74. The Labute approximate surface area is 146 Å². The van der Waals surface area contributed by atoms with E-state index in [-0.39, 0.29) is 17.2 Å². The van der Waals surface area contributed by atoms with Crippen LogP contribution in [-0.4, -0.2) is 13.6 Å². The molecule has 25 heavy (non-hydrogen) atoms. The molecule has 0 atom stereocenters. The monoisotopic (exact) mass is 350 g/mol. The lowest BCUT2D eigenvalue weighted by Gasteiger charge is -2.06. The maximum absolute atomic E-state index is 12.8. The van der Waals surface area contributed by atoms with E-state index in [9.17, 15) is 14.7 Å². The Hall–Kier alpha value is -3.12. The third-order valence-corrected chi connectivity index (χ3v) is 5.01. The molecule has 0 saturated heterocycles. The van der Waals surface area contributed by atoms with Crippen LogP contribution in [0.15, 0.2) is 76.3 Å². The van der Waals surface area contributed by atoms with E-state index in [0.717, 1.165) is 26.9 Å². The lowest BCUT2D eigenvalue weighted by Crippen LogP contribution is -2.29. The highest BCUT2D eigenvalue weighted by Gasteiger charge is 2.15. The van der Waals surface area contributed by atoms with Gasteiger partial charge in [-0.05, 0) is 17.5 Å². The van der Waals surface area contributed by atoms with E-state index in [1.165, 1.54) is 10.0 Å². The quantitative estimate of drug-likeness (QED) is 0.618. The summed E-state index contributed by atoms with van der Waals surface area (Å²) in [6, 6.07) is 20.1. The molecule has 0 spiro atoms. The first-order valence-electron chi connectivity index (χ1n) is 7.73. The molecule has 1 N–H and O–H groups in total. The van der Waals surface area contributed by atoms with Crippen LogP contribution in [0.3, 0.4) is 0 Å². The average Bonchev–Trinajstić information content (AvgIpc) is 2.91. The molecule has 0 fully saturated rings. The second-order valence-corrected chi connectivity index (χ2v) is 6.54. The van der Waals surface area contributed by atoms with Crippen molar-refractivity contribution in [1.29, 1.82) is 0 Å². The van der Waals surface area contributed by atoms with Gasteiger partial charge >= 0.3 is 10.6 Å².